The number of benzene rings is 1. The standard InChI is InChI=1S/C12H8N4OS2/c17-11-7-19-12(18)16(11)15-6-8-1-2-9-10(5-8)14-4-3-13-9/h1-6H,7H2. The normalized spacial score (nSPS) is 15.9. The summed E-state index contributed by atoms with van der Waals surface area (Å²) < 4.78 is 0.488. The van der Waals surface area contributed by atoms with E-state index >= 15 is 0 Å². The molecule has 0 spiro atoms. The average molecular weight is 288 g/mol. The molecule has 0 bridgehead atoms. The van der Waals surface area contributed by atoms with Gasteiger partial charge in [-0.25, -0.2) is 0 Å². The fraction of sp³-hybridized carbons (Fsp3) is 0.0833. The minimum atomic E-state index is -0.0909. The van der Waals surface area contributed by atoms with E-state index in [1.54, 1.807) is 18.6 Å². The molecule has 0 saturated carbocycles. The van der Waals surface area contributed by atoms with E-state index in [9.17, 15) is 4.79 Å². The van der Waals surface area contributed by atoms with Crippen molar-refractivity contribution in [3.63, 3.8) is 0 Å². The van der Waals surface area contributed by atoms with Crippen LogP contribution in [0.25, 0.3) is 11.0 Å². The van der Waals surface area contributed by atoms with Crippen molar-refractivity contribution in [2.75, 3.05) is 5.75 Å². The summed E-state index contributed by atoms with van der Waals surface area (Å²) in [6.07, 6.45) is 4.89. The zero-order valence-electron chi connectivity index (χ0n) is 9.68. The number of nitrogens with zero attached hydrogens (tertiary/aromatic N) is 4. The molecule has 1 aromatic carbocycles. The van der Waals surface area contributed by atoms with Crippen LogP contribution < -0.4 is 0 Å². The van der Waals surface area contributed by atoms with Crippen LogP contribution in [-0.2, 0) is 4.79 Å². The Morgan fingerprint density at radius 2 is 2.11 bits per heavy atom. The Hall–Kier alpha value is -1.86. The predicted molar refractivity (Wildman–Crippen MR) is 79.0 cm³/mol. The molecule has 1 aliphatic heterocycles. The van der Waals surface area contributed by atoms with E-state index in [2.05, 4.69) is 15.1 Å². The van der Waals surface area contributed by atoms with E-state index in [-0.39, 0.29) is 5.91 Å². The SMILES string of the molecule is O=C1CSC(=S)N1N=Cc1ccc2nccnc2c1. The summed E-state index contributed by atoms with van der Waals surface area (Å²) in [6, 6.07) is 5.60. The van der Waals surface area contributed by atoms with Gasteiger partial charge in [0.05, 0.1) is 23.0 Å². The largest absolute Gasteiger partial charge is 0.272 e. The number of thiocarbonyl (C=S) groups is 1. The Morgan fingerprint density at radius 3 is 2.84 bits per heavy atom. The van der Waals surface area contributed by atoms with Gasteiger partial charge in [0, 0.05) is 12.4 Å². The lowest BCUT2D eigenvalue weighted by atomic mass is 10.2. The minimum absolute atomic E-state index is 0.0909. The van der Waals surface area contributed by atoms with Crippen LogP contribution in [0.2, 0.25) is 0 Å². The fourth-order valence-corrected chi connectivity index (χ4v) is 2.61. The van der Waals surface area contributed by atoms with Gasteiger partial charge in [0.15, 0.2) is 4.32 Å². The average Bonchev–Trinajstić information content (AvgIpc) is 2.76. The van der Waals surface area contributed by atoms with Crippen LogP contribution in [0.1, 0.15) is 5.56 Å². The van der Waals surface area contributed by atoms with Gasteiger partial charge in [0.2, 0.25) is 0 Å². The molecule has 1 saturated heterocycles. The van der Waals surface area contributed by atoms with Crippen molar-refractivity contribution in [1.82, 2.24) is 15.0 Å². The molecule has 2 aromatic rings. The van der Waals surface area contributed by atoms with Gasteiger partial charge in [-0.2, -0.15) is 10.1 Å². The first-order valence-electron chi connectivity index (χ1n) is 5.48. The van der Waals surface area contributed by atoms with E-state index in [4.69, 9.17) is 12.2 Å². The molecule has 0 unspecified atom stereocenters. The first-order chi connectivity index (χ1) is 9.24. The van der Waals surface area contributed by atoms with Gasteiger partial charge in [-0.05, 0) is 17.7 Å². The van der Waals surface area contributed by atoms with Gasteiger partial charge in [0.25, 0.3) is 5.91 Å². The van der Waals surface area contributed by atoms with Crippen LogP contribution in [0.3, 0.4) is 0 Å². The highest BCUT2D eigenvalue weighted by atomic mass is 32.2. The van der Waals surface area contributed by atoms with Gasteiger partial charge in [-0.3, -0.25) is 14.8 Å². The number of hydrogen-bond donors (Lipinski definition) is 0. The number of carbonyl (C=O) groups excluding carboxylic acids is 1. The first-order valence-corrected chi connectivity index (χ1v) is 6.88. The lowest BCUT2D eigenvalue weighted by Crippen LogP contribution is -2.22. The number of amides is 1. The monoisotopic (exact) mass is 288 g/mol. The quantitative estimate of drug-likeness (QED) is 0.623. The van der Waals surface area contributed by atoms with Crippen molar-refractivity contribution in [1.29, 1.82) is 0 Å². The molecule has 7 heteroatoms. The van der Waals surface area contributed by atoms with Gasteiger partial charge in [-0.15, -0.1) is 0 Å². The summed E-state index contributed by atoms with van der Waals surface area (Å²) in [7, 11) is 0. The van der Waals surface area contributed by atoms with E-state index in [0.717, 1.165) is 16.6 Å². The lowest BCUT2D eigenvalue weighted by Gasteiger charge is -2.06. The number of thioether (sulfide) groups is 1. The van der Waals surface area contributed by atoms with E-state index in [0.29, 0.717) is 10.1 Å². The van der Waals surface area contributed by atoms with E-state index in [1.807, 2.05) is 18.2 Å². The molecule has 0 atom stereocenters. The van der Waals surface area contributed by atoms with Crippen molar-refractivity contribution in [2.45, 2.75) is 0 Å². The van der Waals surface area contributed by atoms with Crippen LogP contribution in [0.4, 0.5) is 0 Å². The summed E-state index contributed by atoms with van der Waals surface area (Å²) in [6.45, 7) is 0. The molecule has 1 fully saturated rings. The third-order valence-electron chi connectivity index (χ3n) is 2.54. The van der Waals surface area contributed by atoms with Gasteiger partial charge in [-0.1, -0.05) is 30.0 Å². The number of hydrogen-bond acceptors (Lipinski definition) is 6. The molecular weight excluding hydrogens is 280 g/mol. The Morgan fingerprint density at radius 1 is 1.32 bits per heavy atom. The molecule has 3 rings (SSSR count). The number of hydrazone groups is 1. The minimum Gasteiger partial charge on any atom is -0.272 e. The number of fused-ring (bicyclic) bond motifs is 1. The van der Waals surface area contributed by atoms with Crippen molar-refractivity contribution in [2.24, 2.45) is 5.10 Å². The van der Waals surface area contributed by atoms with Crippen molar-refractivity contribution in [3.05, 3.63) is 36.2 Å². The number of aromatic nitrogens is 2. The summed E-state index contributed by atoms with van der Waals surface area (Å²) >= 11 is 6.36. The van der Waals surface area contributed by atoms with Gasteiger partial charge < -0.3 is 0 Å². The Bertz CT molecular complexity index is 685. The molecule has 1 aromatic heterocycles. The molecule has 0 aliphatic carbocycles. The second kappa shape index (κ2) is 5.02. The molecule has 0 N–H and O–H groups in total. The Labute approximate surface area is 118 Å². The lowest BCUT2D eigenvalue weighted by molar-refractivity contribution is -0.123. The number of carbonyl (C=O) groups is 1. The Balaban J connectivity index is 1.88. The summed E-state index contributed by atoms with van der Waals surface area (Å²) in [5.74, 6) is 0.270. The van der Waals surface area contributed by atoms with Crippen molar-refractivity contribution >= 4 is 51.5 Å². The maximum atomic E-state index is 11.5. The fourth-order valence-electron chi connectivity index (χ4n) is 1.64. The smallest absolute Gasteiger partial charge is 0.259 e. The van der Waals surface area contributed by atoms with Gasteiger partial charge >= 0.3 is 0 Å². The third-order valence-corrected chi connectivity index (χ3v) is 3.88. The summed E-state index contributed by atoms with van der Waals surface area (Å²) in [5.41, 5.74) is 2.46. The molecule has 19 heavy (non-hydrogen) atoms. The zero-order chi connectivity index (χ0) is 13.2. The highest BCUT2D eigenvalue weighted by Crippen LogP contribution is 2.19. The van der Waals surface area contributed by atoms with E-state index in [1.165, 1.54) is 16.8 Å². The Kier molecular flexibility index (Phi) is 3.22. The maximum absolute atomic E-state index is 11.5. The van der Waals surface area contributed by atoms with Crippen molar-refractivity contribution < 1.29 is 4.79 Å². The molecule has 5 nitrogen and oxygen atoms in total. The maximum Gasteiger partial charge on any atom is 0.259 e. The molecular formula is C12H8N4OS2. The molecule has 1 amide bonds. The zero-order valence-corrected chi connectivity index (χ0v) is 11.3. The second-order valence-electron chi connectivity index (χ2n) is 3.81. The van der Waals surface area contributed by atoms with Crippen molar-refractivity contribution in [3.8, 4) is 0 Å². The van der Waals surface area contributed by atoms with Crippen LogP contribution in [0.15, 0.2) is 35.7 Å². The van der Waals surface area contributed by atoms with Crippen LogP contribution in [0.5, 0.6) is 0 Å². The highest BCUT2D eigenvalue weighted by Gasteiger charge is 2.25. The summed E-state index contributed by atoms with van der Waals surface area (Å²) in [4.78, 5) is 19.9. The van der Waals surface area contributed by atoms with Crippen LogP contribution >= 0.6 is 24.0 Å². The first kappa shape index (κ1) is 12.2. The summed E-state index contributed by atoms with van der Waals surface area (Å²) in [5, 5.41) is 5.36. The molecule has 2 heterocycles. The van der Waals surface area contributed by atoms with Crippen LogP contribution in [-0.4, -0.2) is 37.2 Å². The topological polar surface area (TPSA) is 58.5 Å². The van der Waals surface area contributed by atoms with E-state index < -0.39 is 0 Å². The predicted octanol–water partition coefficient (Wildman–Crippen LogP) is 1.82. The molecule has 1 aliphatic rings. The van der Waals surface area contributed by atoms with Gasteiger partial charge in [0.1, 0.15) is 0 Å². The van der Waals surface area contributed by atoms with Crippen LogP contribution in [0, 0.1) is 0 Å². The number of rotatable bonds is 2. The third kappa shape index (κ3) is 2.47. The second-order valence-corrected chi connectivity index (χ2v) is 5.42. The molecule has 0 radical (unpaired) electrons. The molecule has 94 valence electrons. The highest BCUT2D eigenvalue weighted by molar-refractivity contribution is 8.23.